The second kappa shape index (κ2) is 5.47. The van der Waals surface area contributed by atoms with Crippen molar-refractivity contribution < 1.29 is 14.6 Å². The molecule has 0 amide bonds. The van der Waals surface area contributed by atoms with E-state index in [0.717, 1.165) is 6.54 Å². The zero-order chi connectivity index (χ0) is 11.4. The van der Waals surface area contributed by atoms with Crippen LogP contribution in [0, 0.1) is 11.8 Å². The van der Waals surface area contributed by atoms with Crippen LogP contribution in [0.1, 0.15) is 27.2 Å². The molecular weight excluding hydrogens is 194 g/mol. The van der Waals surface area contributed by atoms with E-state index in [1.807, 2.05) is 4.90 Å². The van der Waals surface area contributed by atoms with Crippen molar-refractivity contribution in [1.82, 2.24) is 4.90 Å². The van der Waals surface area contributed by atoms with E-state index in [-0.39, 0.29) is 11.9 Å². The fourth-order valence-electron chi connectivity index (χ4n) is 1.98. The number of aliphatic hydroxyl groups is 1. The molecule has 1 N–H and O–H groups in total. The highest BCUT2D eigenvalue weighted by Gasteiger charge is 2.35. The SMILES string of the molecule is CCOC(=O)C1CC(O)N(CC(C)C)C1. The second-order valence-corrected chi connectivity index (χ2v) is 4.51. The van der Waals surface area contributed by atoms with E-state index < -0.39 is 6.23 Å². The number of aliphatic hydroxyl groups excluding tert-OH is 1. The molecule has 2 unspecified atom stereocenters. The van der Waals surface area contributed by atoms with Gasteiger partial charge in [0.25, 0.3) is 0 Å². The quantitative estimate of drug-likeness (QED) is 0.706. The third kappa shape index (κ3) is 3.47. The van der Waals surface area contributed by atoms with Crippen LogP contribution in [0.3, 0.4) is 0 Å². The Balaban J connectivity index is 2.44. The van der Waals surface area contributed by atoms with Gasteiger partial charge in [-0.2, -0.15) is 0 Å². The van der Waals surface area contributed by atoms with E-state index in [4.69, 9.17) is 4.74 Å². The molecule has 0 spiro atoms. The van der Waals surface area contributed by atoms with E-state index >= 15 is 0 Å². The van der Waals surface area contributed by atoms with Crippen molar-refractivity contribution in [3.8, 4) is 0 Å². The second-order valence-electron chi connectivity index (χ2n) is 4.51. The number of rotatable bonds is 4. The lowest BCUT2D eigenvalue weighted by Gasteiger charge is -2.21. The molecule has 0 saturated carbocycles. The Hall–Kier alpha value is -0.610. The van der Waals surface area contributed by atoms with E-state index in [1.54, 1.807) is 6.92 Å². The first-order valence-corrected chi connectivity index (χ1v) is 5.63. The summed E-state index contributed by atoms with van der Waals surface area (Å²) in [6, 6.07) is 0. The minimum Gasteiger partial charge on any atom is -0.466 e. The van der Waals surface area contributed by atoms with Crippen LogP contribution in [-0.4, -0.2) is 41.9 Å². The molecule has 0 aromatic rings. The molecule has 2 atom stereocenters. The number of likely N-dealkylation sites (tertiary alicyclic amines) is 1. The minimum absolute atomic E-state index is 0.154. The average molecular weight is 215 g/mol. The fraction of sp³-hybridized carbons (Fsp3) is 0.909. The lowest BCUT2D eigenvalue weighted by molar-refractivity contribution is -0.147. The fourth-order valence-corrected chi connectivity index (χ4v) is 1.98. The van der Waals surface area contributed by atoms with E-state index in [1.165, 1.54) is 0 Å². The van der Waals surface area contributed by atoms with Gasteiger partial charge in [0.05, 0.1) is 12.5 Å². The van der Waals surface area contributed by atoms with Gasteiger partial charge in [0.2, 0.25) is 0 Å². The molecular formula is C11H21NO3. The van der Waals surface area contributed by atoms with Crippen LogP contribution in [0.2, 0.25) is 0 Å². The summed E-state index contributed by atoms with van der Waals surface area (Å²) in [4.78, 5) is 13.4. The summed E-state index contributed by atoms with van der Waals surface area (Å²) in [6.07, 6.45) is 0.0211. The summed E-state index contributed by atoms with van der Waals surface area (Å²) in [7, 11) is 0. The first kappa shape index (κ1) is 12.5. The average Bonchev–Trinajstić information content (AvgIpc) is 2.47. The molecule has 1 saturated heterocycles. The number of hydrogen-bond acceptors (Lipinski definition) is 4. The summed E-state index contributed by atoms with van der Waals surface area (Å²) < 4.78 is 4.95. The number of carbonyl (C=O) groups excluding carboxylic acids is 1. The Morgan fingerprint density at radius 2 is 2.27 bits per heavy atom. The van der Waals surface area contributed by atoms with E-state index in [2.05, 4.69) is 13.8 Å². The van der Waals surface area contributed by atoms with Gasteiger partial charge in [0.15, 0.2) is 0 Å². The molecule has 1 fully saturated rings. The zero-order valence-electron chi connectivity index (χ0n) is 9.77. The van der Waals surface area contributed by atoms with Gasteiger partial charge >= 0.3 is 5.97 Å². The summed E-state index contributed by atoms with van der Waals surface area (Å²) in [5, 5.41) is 9.74. The Morgan fingerprint density at radius 1 is 1.60 bits per heavy atom. The van der Waals surface area contributed by atoms with E-state index in [9.17, 15) is 9.90 Å². The highest BCUT2D eigenvalue weighted by molar-refractivity contribution is 5.73. The van der Waals surface area contributed by atoms with Gasteiger partial charge in [-0.15, -0.1) is 0 Å². The first-order valence-electron chi connectivity index (χ1n) is 5.63. The monoisotopic (exact) mass is 215 g/mol. The van der Waals surface area contributed by atoms with Gasteiger partial charge in [-0.3, -0.25) is 9.69 Å². The van der Waals surface area contributed by atoms with Crippen molar-refractivity contribution in [2.24, 2.45) is 11.8 Å². The Kier molecular flexibility index (Phi) is 4.54. The van der Waals surface area contributed by atoms with Crippen molar-refractivity contribution in [2.75, 3.05) is 19.7 Å². The van der Waals surface area contributed by atoms with E-state index in [0.29, 0.717) is 25.5 Å². The van der Waals surface area contributed by atoms with Crippen LogP contribution in [0.25, 0.3) is 0 Å². The predicted molar refractivity (Wildman–Crippen MR) is 57.2 cm³/mol. The molecule has 1 heterocycles. The number of carbonyl (C=O) groups is 1. The van der Waals surface area contributed by atoms with Gasteiger partial charge in [0.1, 0.15) is 6.23 Å². The van der Waals surface area contributed by atoms with Crippen molar-refractivity contribution in [1.29, 1.82) is 0 Å². The molecule has 1 aliphatic heterocycles. The van der Waals surface area contributed by atoms with Crippen LogP contribution < -0.4 is 0 Å². The highest BCUT2D eigenvalue weighted by atomic mass is 16.5. The molecule has 0 aromatic carbocycles. The first-order chi connectivity index (χ1) is 7.04. The van der Waals surface area contributed by atoms with Crippen LogP contribution in [0.5, 0.6) is 0 Å². The Labute approximate surface area is 91.2 Å². The lowest BCUT2D eigenvalue weighted by atomic mass is 10.1. The molecule has 0 aliphatic carbocycles. The third-order valence-corrected chi connectivity index (χ3v) is 2.59. The van der Waals surface area contributed by atoms with Gasteiger partial charge in [-0.05, 0) is 12.8 Å². The molecule has 0 bridgehead atoms. The maximum atomic E-state index is 11.5. The minimum atomic E-state index is -0.484. The molecule has 1 rings (SSSR count). The van der Waals surface area contributed by atoms with Crippen LogP contribution in [0.15, 0.2) is 0 Å². The lowest BCUT2D eigenvalue weighted by Crippen LogP contribution is -2.33. The molecule has 88 valence electrons. The van der Waals surface area contributed by atoms with Crippen LogP contribution in [0.4, 0.5) is 0 Å². The predicted octanol–water partition coefficient (Wildman–Crippen LogP) is 0.846. The Bertz CT molecular complexity index is 218. The zero-order valence-corrected chi connectivity index (χ0v) is 9.77. The summed E-state index contributed by atoms with van der Waals surface area (Å²) in [5.74, 6) is 0.169. The topological polar surface area (TPSA) is 49.8 Å². The summed E-state index contributed by atoms with van der Waals surface area (Å²) in [6.45, 7) is 7.87. The molecule has 4 heteroatoms. The molecule has 15 heavy (non-hydrogen) atoms. The maximum Gasteiger partial charge on any atom is 0.310 e. The Morgan fingerprint density at radius 3 is 2.80 bits per heavy atom. The number of esters is 1. The number of ether oxygens (including phenoxy) is 1. The van der Waals surface area contributed by atoms with Crippen LogP contribution >= 0.6 is 0 Å². The number of nitrogens with zero attached hydrogens (tertiary/aromatic N) is 1. The van der Waals surface area contributed by atoms with Gasteiger partial charge in [0, 0.05) is 19.5 Å². The highest BCUT2D eigenvalue weighted by Crippen LogP contribution is 2.23. The molecule has 1 aliphatic rings. The van der Waals surface area contributed by atoms with Crippen molar-refractivity contribution in [3.63, 3.8) is 0 Å². The van der Waals surface area contributed by atoms with Crippen molar-refractivity contribution in [2.45, 2.75) is 33.4 Å². The smallest absolute Gasteiger partial charge is 0.310 e. The standard InChI is InChI=1S/C11H21NO3/c1-4-15-11(14)9-5-10(13)12(7-9)6-8(2)3/h8-10,13H,4-7H2,1-3H3. The molecule has 4 nitrogen and oxygen atoms in total. The summed E-state index contributed by atoms with van der Waals surface area (Å²) >= 11 is 0. The maximum absolute atomic E-state index is 11.5. The van der Waals surface area contributed by atoms with Gasteiger partial charge < -0.3 is 9.84 Å². The van der Waals surface area contributed by atoms with Gasteiger partial charge in [-0.1, -0.05) is 13.8 Å². The number of hydrogen-bond donors (Lipinski definition) is 1. The van der Waals surface area contributed by atoms with Crippen molar-refractivity contribution in [3.05, 3.63) is 0 Å². The summed E-state index contributed by atoms with van der Waals surface area (Å²) in [5.41, 5.74) is 0. The molecule has 0 aromatic heterocycles. The normalized spacial score (nSPS) is 27.3. The largest absolute Gasteiger partial charge is 0.466 e. The molecule has 0 radical (unpaired) electrons. The third-order valence-electron chi connectivity index (χ3n) is 2.59. The van der Waals surface area contributed by atoms with Crippen molar-refractivity contribution >= 4 is 5.97 Å². The van der Waals surface area contributed by atoms with Gasteiger partial charge in [-0.25, -0.2) is 0 Å². The van der Waals surface area contributed by atoms with Crippen LogP contribution in [-0.2, 0) is 9.53 Å².